The predicted molar refractivity (Wildman–Crippen MR) is 85.3 cm³/mol. The molecule has 0 nitrogen and oxygen atoms in total. The van der Waals surface area contributed by atoms with Gasteiger partial charge in [-0.3, -0.25) is 0 Å². The van der Waals surface area contributed by atoms with Gasteiger partial charge in [0.1, 0.15) is 0 Å². The summed E-state index contributed by atoms with van der Waals surface area (Å²) in [5, 5.41) is 0.545. The van der Waals surface area contributed by atoms with Crippen LogP contribution in [0.1, 0.15) is 34.1 Å². The molecule has 0 N–H and O–H groups in total. The van der Waals surface area contributed by atoms with Gasteiger partial charge in [0.15, 0.2) is 0 Å². The van der Waals surface area contributed by atoms with Gasteiger partial charge in [0.25, 0.3) is 0 Å². The highest BCUT2D eigenvalue weighted by atomic mass is 79.9. The molecule has 1 aliphatic carbocycles. The summed E-state index contributed by atoms with van der Waals surface area (Å²) in [4.78, 5) is 0. The third-order valence-electron chi connectivity index (χ3n) is 3.65. The van der Waals surface area contributed by atoms with Crippen LogP contribution in [0.15, 0.2) is 40.9 Å². The smallest absolute Gasteiger partial charge is 0.0846 e. The first-order chi connectivity index (χ1) is 9.15. The van der Waals surface area contributed by atoms with Crippen LogP contribution in [0, 0.1) is 0 Å². The van der Waals surface area contributed by atoms with E-state index in [0.29, 0.717) is 5.02 Å². The van der Waals surface area contributed by atoms with E-state index in [1.54, 1.807) is 0 Å². The quantitative estimate of drug-likeness (QED) is 0.586. The minimum Gasteiger partial charge on any atom is -0.113 e. The highest BCUT2D eigenvalue weighted by Gasteiger charge is 2.17. The molecular formula is C16H13BrCl2. The van der Waals surface area contributed by atoms with Crippen molar-refractivity contribution in [3.8, 4) is 0 Å². The summed E-state index contributed by atoms with van der Waals surface area (Å²) in [5.74, 6) is 0. The van der Waals surface area contributed by atoms with Crippen molar-refractivity contribution < 1.29 is 0 Å². The van der Waals surface area contributed by atoms with Crippen LogP contribution < -0.4 is 0 Å². The van der Waals surface area contributed by atoms with E-state index >= 15 is 0 Å². The van der Waals surface area contributed by atoms with E-state index in [9.17, 15) is 0 Å². The molecule has 0 amide bonds. The van der Waals surface area contributed by atoms with Crippen molar-refractivity contribution in [2.24, 2.45) is 0 Å². The van der Waals surface area contributed by atoms with E-state index in [0.717, 1.165) is 15.6 Å². The van der Waals surface area contributed by atoms with E-state index in [4.69, 9.17) is 23.2 Å². The molecule has 98 valence electrons. The molecule has 2 aromatic carbocycles. The minimum atomic E-state index is -0.168. The average molecular weight is 356 g/mol. The first kappa shape index (κ1) is 13.5. The molecule has 0 spiro atoms. The molecule has 1 aliphatic rings. The van der Waals surface area contributed by atoms with Crippen molar-refractivity contribution in [3.63, 3.8) is 0 Å². The monoisotopic (exact) mass is 354 g/mol. The average Bonchev–Trinajstić information content (AvgIpc) is 2.88. The number of fused-ring (bicyclic) bond motifs is 1. The molecule has 0 saturated heterocycles. The summed E-state index contributed by atoms with van der Waals surface area (Å²) < 4.78 is 0.998. The van der Waals surface area contributed by atoms with Crippen LogP contribution in [0.2, 0.25) is 5.02 Å². The zero-order chi connectivity index (χ0) is 13.4. The van der Waals surface area contributed by atoms with Gasteiger partial charge in [0.05, 0.1) is 5.38 Å². The van der Waals surface area contributed by atoms with Crippen LogP contribution in [0.5, 0.6) is 0 Å². The normalized spacial score (nSPS) is 15.3. The third-order valence-corrected chi connectivity index (χ3v) is 5.09. The second-order valence-corrected chi connectivity index (χ2v) is 6.64. The lowest BCUT2D eigenvalue weighted by Gasteiger charge is -2.14. The van der Waals surface area contributed by atoms with Gasteiger partial charge in [0, 0.05) is 9.50 Å². The van der Waals surface area contributed by atoms with Gasteiger partial charge in [-0.25, -0.2) is 0 Å². The Morgan fingerprint density at radius 3 is 2.63 bits per heavy atom. The molecule has 0 fully saturated rings. The molecule has 0 saturated carbocycles. The van der Waals surface area contributed by atoms with Crippen LogP contribution in [-0.4, -0.2) is 0 Å². The summed E-state index contributed by atoms with van der Waals surface area (Å²) >= 11 is 16.2. The number of aryl methyl sites for hydroxylation is 2. The number of hydrogen-bond donors (Lipinski definition) is 0. The number of benzene rings is 2. The van der Waals surface area contributed by atoms with Crippen LogP contribution in [0.3, 0.4) is 0 Å². The molecule has 2 aromatic rings. The van der Waals surface area contributed by atoms with Crippen molar-refractivity contribution in [3.05, 3.63) is 68.1 Å². The Bertz CT molecular complexity index is 622. The molecule has 0 aromatic heterocycles. The van der Waals surface area contributed by atoms with Crippen molar-refractivity contribution in [1.29, 1.82) is 0 Å². The van der Waals surface area contributed by atoms with Gasteiger partial charge in [-0.05, 0) is 59.7 Å². The van der Waals surface area contributed by atoms with Gasteiger partial charge < -0.3 is 0 Å². The Balaban J connectivity index is 1.99. The van der Waals surface area contributed by atoms with Crippen molar-refractivity contribution in [2.45, 2.75) is 24.6 Å². The van der Waals surface area contributed by atoms with Gasteiger partial charge in [0.2, 0.25) is 0 Å². The molecule has 0 radical (unpaired) electrons. The van der Waals surface area contributed by atoms with Crippen LogP contribution >= 0.6 is 39.1 Å². The van der Waals surface area contributed by atoms with Gasteiger partial charge in [-0.2, -0.15) is 0 Å². The third kappa shape index (κ3) is 2.69. The van der Waals surface area contributed by atoms with Crippen LogP contribution in [-0.2, 0) is 12.8 Å². The number of rotatable bonds is 2. The second kappa shape index (κ2) is 5.47. The SMILES string of the molecule is Clc1ccc(Br)c(C(Cl)c2ccc3c(c2)CCC3)c1. The van der Waals surface area contributed by atoms with Gasteiger partial charge in [-0.15, -0.1) is 11.6 Å². The molecule has 0 heterocycles. The molecular weight excluding hydrogens is 343 g/mol. The van der Waals surface area contributed by atoms with Gasteiger partial charge in [-0.1, -0.05) is 45.7 Å². The molecule has 19 heavy (non-hydrogen) atoms. The topological polar surface area (TPSA) is 0 Å². The molecule has 1 unspecified atom stereocenters. The summed E-state index contributed by atoms with van der Waals surface area (Å²) in [6.45, 7) is 0. The maximum atomic E-state index is 6.62. The van der Waals surface area contributed by atoms with E-state index in [2.05, 4.69) is 34.1 Å². The lowest BCUT2D eigenvalue weighted by atomic mass is 10.00. The number of halogens is 3. The second-order valence-electron chi connectivity index (χ2n) is 4.91. The summed E-state index contributed by atoms with van der Waals surface area (Å²) in [5.41, 5.74) is 5.08. The van der Waals surface area contributed by atoms with Crippen LogP contribution in [0.25, 0.3) is 0 Å². The lowest BCUT2D eigenvalue weighted by Crippen LogP contribution is -1.96. The molecule has 0 aliphatic heterocycles. The van der Waals surface area contributed by atoms with Crippen LogP contribution in [0.4, 0.5) is 0 Å². The minimum absolute atomic E-state index is 0.168. The maximum Gasteiger partial charge on any atom is 0.0846 e. The predicted octanol–water partition coefficient (Wildman–Crippen LogP) is 5.92. The number of alkyl halides is 1. The fourth-order valence-electron chi connectivity index (χ4n) is 2.64. The zero-order valence-corrected chi connectivity index (χ0v) is 13.4. The zero-order valence-electron chi connectivity index (χ0n) is 10.3. The lowest BCUT2D eigenvalue weighted by molar-refractivity contribution is 0.911. The summed E-state index contributed by atoms with van der Waals surface area (Å²) in [6.07, 6.45) is 3.62. The Morgan fingerprint density at radius 2 is 1.79 bits per heavy atom. The first-order valence-corrected chi connectivity index (χ1v) is 7.96. The molecule has 1 atom stereocenters. The van der Waals surface area contributed by atoms with E-state index in [1.165, 1.54) is 30.4 Å². The highest BCUT2D eigenvalue weighted by molar-refractivity contribution is 9.10. The molecule has 0 bridgehead atoms. The highest BCUT2D eigenvalue weighted by Crippen LogP contribution is 2.37. The maximum absolute atomic E-state index is 6.62. The van der Waals surface area contributed by atoms with Gasteiger partial charge >= 0.3 is 0 Å². The summed E-state index contributed by atoms with van der Waals surface area (Å²) in [7, 11) is 0. The largest absolute Gasteiger partial charge is 0.113 e. The Morgan fingerprint density at radius 1 is 1.00 bits per heavy atom. The van der Waals surface area contributed by atoms with E-state index in [1.807, 2.05) is 18.2 Å². The Hall–Kier alpha value is -0.500. The summed E-state index contributed by atoms with van der Waals surface area (Å²) in [6, 6.07) is 12.3. The van der Waals surface area contributed by atoms with Crippen molar-refractivity contribution >= 4 is 39.1 Å². The molecule has 3 rings (SSSR count). The number of hydrogen-bond acceptors (Lipinski definition) is 0. The first-order valence-electron chi connectivity index (χ1n) is 6.36. The Kier molecular flexibility index (Phi) is 3.88. The molecule has 3 heteroatoms. The van der Waals surface area contributed by atoms with Crippen molar-refractivity contribution in [2.75, 3.05) is 0 Å². The standard InChI is InChI=1S/C16H13BrCl2/c17-15-7-6-13(18)9-14(15)16(19)12-5-4-10-2-1-3-11(10)8-12/h4-9,16H,1-3H2. The van der Waals surface area contributed by atoms with Crippen molar-refractivity contribution in [1.82, 2.24) is 0 Å². The fourth-order valence-corrected chi connectivity index (χ4v) is 3.74. The van der Waals surface area contributed by atoms with E-state index < -0.39 is 0 Å². The Labute approximate surface area is 131 Å². The fraction of sp³-hybridized carbons (Fsp3) is 0.250. The van der Waals surface area contributed by atoms with E-state index in [-0.39, 0.29) is 5.38 Å².